The first-order valence-corrected chi connectivity index (χ1v) is 7.07. The quantitative estimate of drug-likeness (QED) is 0.883. The second-order valence-corrected chi connectivity index (χ2v) is 6.01. The van der Waals surface area contributed by atoms with E-state index >= 15 is 0 Å². The van der Waals surface area contributed by atoms with Gasteiger partial charge in [-0.1, -0.05) is 31.5 Å². The van der Waals surface area contributed by atoms with Crippen LogP contribution in [0.2, 0.25) is 5.02 Å². The molecule has 1 saturated heterocycles. The van der Waals surface area contributed by atoms with Crippen molar-refractivity contribution < 1.29 is 5.11 Å². The molecule has 1 aliphatic rings. The van der Waals surface area contributed by atoms with E-state index in [0.717, 1.165) is 17.8 Å². The van der Waals surface area contributed by atoms with Crippen molar-refractivity contribution in [3.63, 3.8) is 0 Å². The first kappa shape index (κ1) is 13.7. The van der Waals surface area contributed by atoms with Gasteiger partial charge >= 0.3 is 0 Å². The van der Waals surface area contributed by atoms with Gasteiger partial charge in [-0.05, 0) is 37.3 Å². The first-order chi connectivity index (χ1) is 8.54. The van der Waals surface area contributed by atoms with E-state index in [4.69, 9.17) is 11.6 Å². The number of aliphatic hydroxyl groups is 1. The van der Waals surface area contributed by atoms with Gasteiger partial charge in [0.2, 0.25) is 0 Å². The molecule has 100 valence electrons. The van der Waals surface area contributed by atoms with Crippen LogP contribution in [0.3, 0.4) is 0 Å². The largest absolute Gasteiger partial charge is 0.392 e. The zero-order valence-corrected chi connectivity index (χ0v) is 12.1. The third-order valence-corrected chi connectivity index (χ3v) is 4.51. The van der Waals surface area contributed by atoms with Crippen molar-refractivity contribution >= 4 is 17.3 Å². The SMILES string of the molecule is CC1CC(C)C(C)N(c2cccc(Cl)c2CO)C1. The monoisotopic (exact) mass is 267 g/mol. The zero-order valence-electron chi connectivity index (χ0n) is 11.4. The second kappa shape index (κ2) is 5.50. The molecule has 0 spiro atoms. The molecule has 0 amide bonds. The standard InChI is InChI=1S/C15H22ClNO/c1-10-7-11(2)12(3)17(8-10)15-6-4-5-14(16)13(15)9-18/h4-6,10-12,18H,7-9H2,1-3H3. The smallest absolute Gasteiger partial charge is 0.0716 e. The van der Waals surface area contributed by atoms with Crippen LogP contribution in [0.15, 0.2) is 18.2 Å². The summed E-state index contributed by atoms with van der Waals surface area (Å²) >= 11 is 6.18. The van der Waals surface area contributed by atoms with Crippen molar-refractivity contribution in [2.24, 2.45) is 11.8 Å². The van der Waals surface area contributed by atoms with Gasteiger partial charge in [0.25, 0.3) is 0 Å². The normalized spacial score (nSPS) is 28.5. The molecule has 1 aliphatic heterocycles. The molecular formula is C15H22ClNO. The maximum atomic E-state index is 9.54. The molecule has 0 aromatic heterocycles. The molecule has 0 radical (unpaired) electrons. The number of hydrogen-bond acceptors (Lipinski definition) is 2. The van der Waals surface area contributed by atoms with Crippen molar-refractivity contribution in [1.82, 2.24) is 0 Å². The zero-order chi connectivity index (χ0) is 13.3. The lowest BCUT2D eigenvalue weighted by atomic mass is 9.85. The Labute approximate surface area is 115 Å². The van der Waals surface area contributed by atoms with Crippen LogP contribution in [0.4, 0.5) is 5.69 Å². The summed E-state index contributed by atoms with van der Waals surface area (Å²) in [6.45, 7) is 7.90. The fourth-order valence-corrected chi connectivity index (χ4v) is 3.24. The Morgan fingerprint density at radius 3 is 2.72 bits per heavy atom. The Morgan fingerprint density at radius 1 is 1.33 bits per heavy atom. The van der Waals surface area contributed by atoms with Crippen LogP contribution in [-0.4, -0.2) is 17.7 Å². The van der Waals surface area contributed by atoms with Crippen molar-refractivity contribution in [1.29, 1.82) is 0 Å². The van der Waals surface area contributed by atoms with Gasteiger partial charge in [0.15, 0.2) is 0 Å². The van der Waals surface area contributed by atoms with E-state index in [1.54, 1.807) is 0 Å². The summed E-state index contributed by atoms with van der Waals surface area (Å²) in [7, 11) is 0. The van der Waals surface area contributed by atoms with E-state index < -0.39 is 0 Å². The molecule has 1 heterocycles. The number of rotatable bonds is 2. The highest BCUT2D eigenvalue weighted by atomic mass is 35.5. The van der Waals surface area contributed by atoms with E-state index in [9.17, 15) is 5.11 Å². The van der Waals surface area contributed by atoms with Crippen molar-refractivity contribution in [3.05, 3.63) is 28.8 Å². The van der Waals surface area contributed by atoms with Crippen LogP contribution in [0.25, 0.3) is 0 Å². The molecule has 2 nitrogen and oxygen atoms in total. The second-order valence-electron chi connectivity index (χ2n) is 5.61. The fourth-order valence-electron chi connectivity index (χ4n) is 3.01. The minimum Gasteiger partial charge on any atom is -0.392 e. The van der Waals surface area contributed by atoms with Crippen LogP contribution in [0.5, 0.6) is 0 Å². The lowest BCUT2D eigenvalue weighted by molar-refractivity contribution is 0.276. The minimum atomic E-state index is 0.000981. The number of halogens is 1. The van der Waals surface area contributed by atoms with Crippen molar-refractivity contribution in [3.8, 4) is 0 Å². The molecule has 18 heavy (non-hydrogen) atoms. The molecule has 0 bridgehead atoms. The summed E-state index contributed by atoms with van der Waals surface area (Å²) in [4.78, 5) is 2.40. The predicted octanol–water partition coefficient (Wildman–Crippen LogP) is 3.70. The van der Waals surface area contributed by atoms with Crippen LogP contribution in [0.1, 0.15) is 32.8 Å². The summed E-state index contributed by atoms with van der Waals surface area (Å²) in [5.41, 5.74) is 1.95. The topological polar surface area (TPSA) is 23.5 Å². The van der Waals surface area contributed by atoms with E-state index in [1.807, 2.05) is 12.1 Å². The van der Waals surface area contributed by atoms with Gasteiger partial charge in [0.05, 0.1) is 6.61 Å². The summed E-state index contributed by atoms with van der Waals surface area (Å²) in [5, 5.41) is 10.2. The number of aliphatic hydroxyl groups excluding tert-OH is 1. The van der Waals surface area contributed by atoms with Gasteiger partial charge in [-0.25, -0.2) is 0 Å². The Hall–Kier alpha value is -0.730. The van der Waals surface area contributed by atoms with Crippen LogP contribution < -0.4 is 4.90 Å². The number of piperidine rings is 1. The molecule has 1 aromatic carbocycles. The Kier molecular flexibility index (Phi) is 4.18. The van der Waals surface area contributed by atoms with Gasteiger partial charge in [0, 0.05) is 28.9 Å². The van der Waals surface area contributed by atoms with Gasteiger partial charge in [-0.15, -0.1) is 0 Å². The Bertz CT molecular complexity index is 421. The number of hydrogen-bond donors (Lipinski definition) is 1. The van der Waals surface area contributed by atoms with Gasteiger partial charge in [-0.3, -0.25) is 0 Å². The summed E-state index contributed by atoms with van der Waals surface area (Å²) in [6, 6.07) is 6.37. The van der Waals surface area contributed by atoms with Crippen molar-refractivity contribution in [2.45, 2.75) is 39.8 Å². The molecule has 2 rings (SSSR count). The van der Waals surface area contributed by atoms with Gasteiger partial charge in [0.1, 0.15) is 0 Å². The molecule has 3 heteroatoms. The molecule has 0 saturated carbocycles. The molecular weight excluding hydrogens is 246 g/mol. The van der Waals surface area contributed by atoms with E-state index in [-0.39, 0.29) is 6.61 Å². The van der Waals surface area contributed by atoms with E-state index in [1.165, 1.54) is 6.42 Å². The lowest BCUT2D eigenvalue weighted by Crippen LogP contribution is -2.46. The maximum Gasteiger partial charge on any atom is 0.0716 e. The summed E-state index contributed by atoms with van der Waals surface area (Å²) in [6.07, 6.45) is 1.27. The van der Waals surface area contributed by atoms with E-state index in [2.05, 4.69) is 31.7 Å². The molecule has 0 aliphatic carbocycles. The molecule has 1 fully saturated rings. The first-order valence-electron chi connectivity index (χ1n) is 6.69. The summed E-state index contributed by atoms with van der Waals surface area (Å²) in [5.74, 6) is 1.35. The predicted molar refractivity (Wildman–Crippen MR) is 77.1 cm³/mol. The average molecular weight is 268 g/mol. The maximum absolute atomic E-state index is 9.54. The average Bonchev–Trinajstić information content (AvgIpc) is 2.33. The van der Waals surface area contributed by atoms with Crippen molar-refractivity contribution in [2.75, 3.05) is 11.4 Å². The Morgan fingerprint density at radius 2 is 2.06 bits per heavy atom. The molecule has 1 aromatic rings. The highest BCUT2D eigenvalue weighted by Crippen LogP contribution is 2.35. The van der Waals surface area contributed by atoms with Crippen LogP contribution in [0, 0.1) is 11.8 Å². The molecule has 3 unspecified atom stereocenters. The van der Waals surface area contributed by atoms with Gasteiger partial charge in [-0.2, -0.15) is 0 Å². The molecule has 1 N–H and O–H groups in total. The number of nitrogens with zero attached hydrogens (tertiary/aromatic N) is 1. The third kappa shape index (κ3) is 2.50. The minimum absolute atomic E-state index is 0.000981. The van der Waals surface area contributed by atoms with Crippen LogP contribution in [-0.2, 0) is 6.61 Å². The van der Waals surface area contributed by atoms with Gasteiger partial charge < -0.3 is 10.0 Å². The highest BCUT2D eigenvalue weighted by Gasteiger charge is 2.30. The number of benzene rings is 1. The molecule has 3 atom stereocenters. The lowest BCUT2D eigenvalue weighted by Gasteiger charge is -2.43. The third-order valence-electron chi connectivity index (χ3n) is 4.16. The van der Waals surface area contributed by atoms with Crippen LogP contribution >= 0.6 is 11.6 Å². The Balaban J connectivity index is 2.38. The summed E-state index contributed by atoms with van der Waals surface area (Å²) < 4.78 is 0. The fraction of sp³-hybridized carbons (Fsp3) is 0.600. The highest BCUT2D eigenvalue weighted by molar-refractivity contribution is 6.31. The number of anilines is 1. The van der Waals surface area contributed by atoms with E-state index in [0.29, 0.717) is 22.9 Å².